The molecular formula is C35H37Cl2F3O9S. The molecule has 1 aromatic heterocycles. The van der Waals surface area contributed by atoms with E-state index in [1.807, 2.05) is 13.0 Å². The molecule has 0 bridgehead atoms. The molecule has 0 saturated heterocycles. The fraction of sp³-hybridized carbons (Fsp3) is 0.400. The van der Waals surface area contributed by atoms with Crippen LogP contribution < -0.4 is 14.9 Å². The van der Waals surface area contributed by atoms with Gasteiger partial charge >= 0.3 is 12.3 Å². The molecule has 0 fully saturated rings. The first-order valence-corrected chi connectivity index (χ1v) is 17.3. The number of hydrogen-bond donors (Lipinski definition) is 3. The van der Waals surface area contributed by atoms with Gasteiger partial charge in [0.05, 0.1) is 28.9 Å². The normalized spacial score (nSPS) is 13.6. The maximum absolute atomic E-state index is 13.6. The number of benzene rings is 2. The molecule has 3 N–H and O–H groups in total. The predicted octanol–water partition coefficient (Wildman–Crippen LogP) is 9.41. The summed E-state index contributed by atoms with van der Waals surface area (Å²) in [6, 6.07) is 8.17. The Morgan fingerprint density at radius 2 is 1.78 bits per heavy atom. The molecule has 9 nitrogen and oxygen atoms in total. The molecule has 3 aromatic rings. The molecule has 3 rings (SSSR count). The minimum atomic E-state index is -5.16. The van der Waals surface area contributed by atoms with E-state index in [9.17, 15) is 37.8 Å². The summed E-state index contributed by atoms with van der Waals surface area (Å²) in [7, 11) is 0. The van der Waals surface area contributed by atoms with Crippen LogP contribution in [0.4, 0.5) is 18.0 Å². The van der Waals surface area contributed by atoms with Gasteiger partial charge in [-0.25, -0.2) is 4.79 Å². The number of rotatable bonds is 18. The van der Waals surface area contributed by atoms with E-state index in [4.69, 9.17) is 37.5 Å². The van der Waals surface area contributed by atoms with Crippen molar-refractivity contribution in [2.45, 2.75) is 85.6 Å². The molecule has 15 heteroatoms. The topological polar surface area (TPSA) is 144 Å². The Bertz CT molecular complexity index is 1760. The highest BCUT2D eigenvalue weighted by atomic mass is 35.5. The first kappa shape index (κ1) is 40.8. The number of fused-ring (bicyclic) bond motifs is 1. The number of allylic oxidation sites excluding steroid dienone is 3. The lowest BCUT2D eigenvalue weighted by Crippen LogP contribution is -2.49. The van der Waals surface area contributed by atoms with Gasteiger partial charge < -0.3 is 29.2 Å². The lowest BCUT2D eigenvalue weighted by atomic mass is 10.0. The van der Waals surface area contributed by atoms with Crippen LogP contribution in [0.1, 0.15) is 68.3 Å². The van der Waals surface area contributed by atoms with Gasteiger partial charge in [0.15, 0.2) is 11.2 Å². The van der Waals surface area contributed by atoms with Crippen molar-refractivity contribution in [1.82, 2.24) is 0 Å². The number of aliphatic hydroxyl groups is 1. The highest BCUT2D eigenvalue weighted by molar-refractivity contribution is 8.00. The summed E-state index contributed by atoms with van der Waals surface area (Å²) in [5.41, 5.74) is 0.198. The van der Waals surface area contributed by atoms with E-state index in [-0.39, 0.29) is 33.0 Å². The van der Waals surface area contributed by atoms with Gasteiger partial charge in [0.1, 0.15) is 23.2 Å². The number of ketones is 1. The number of alkyl halides is 5. The summed E-state index contributed by atoms with van der Waals surface area (Å²) >= 11 is 11.9. The Kier molecular flexibility index (Phi) is 15.1. The van der Waals surface area contributed by atoms with E-state index >= 15 is 0 Å². The third kappa shape index (κ3) is 11.2. The van der Waals surface area contributed by atoms with Crippen LogP contribution in [0.3, 0.4) is 0 Å². The molecule has 0 radical (unpaired) electrons. The second-order valence-corrected chi connectivity index (χ2v) is 13.8. The molecule has 0 aliphatic carbocycles. The van der Waals surface area contributed by atoms with Crippen LogP contribution in [0.15, 0.2) is 74.8 Å². The highest BCUT2D eigenvalue weighted by Gasteiger charge is 2.59. The summed E-state index contributed by atoms with van der Waals surface area (Å²) < 4.78 is 52.9. The quantitative estimate of drug-likeness (QED) is 0.0287. The molecule has 0 aliphatic heterocycles. The van der Waals surface area contributed by atoms with Gasteiger partial charge in [-0.15, -0.1) is 11.8 Å². The molecule has 2 aromatic carbocycles. The average Bonchev–Trinajstić information content (AvgIpc) is 3.03. The zero-order valence-corrected chi connectivity index (χ0v) is 29.5. The number of aromatic hydroxyl groups is 1. The number of Topliss-reactive ketones (excluding diaryl/α,β-unsaturated/α-hetero) is 1. The van der Waals surface area contributed by atoms with E-state index < -0.39 is 39.4 Å². The molecule has 50 heavy (non-hydrogen) atoms. The summed E-state index contributed by atoms with van der Waals surface area (Å²) in [4.78, 5) is 35.2. The van der Waals surface area contributed by atoms with Crippen LogP contribution in [-0.4, -0.2) is 55.7 Å². The minimum Gasteiger partial charge on any atom is -0.507 e. The number of phenolic OH excluding ortho intramolecular Hbond substituents is 1. The van der Waals surface area contributed by atoms with Gasteiger partial charge in [-0.05, 0) is 62.9 Å². The lowest BCUT2D eigenvalue weighted by Gasteiger charge is -2.31. The zero-order valence-electron chi connectivity index (χ0n) is 27.2. The highest BCUT2D eigenvalue weighted by Crippen LogP contribution is 2.46. The maximum atomic E-state index is 13.6. The Morgan fingerprint density at radius 1 is 1.06 bits per heavy atom. The SMILES string of the molecule is CCCc1c(OCCCCCC/C=C\C=C\[C@H](Sc2ccc3c(=O)cc(OC(=O)O)oc3c2)[C@@H](O)C(Cl)(Cl)C(F)(F)F)ccc(C(C)=O)c1O. The smallest absolute Gasteiger partial charge is 0.507 e. The summed E-state index contributed by atoms with van der Waals surface area (Å²) in [6.07, 6.45) is 2.43. The number of carboxylic acid groups (broad SMARTS) is 1. The standard InChI is InChI=1S/C35H37Cl2F3O9S/c1-3-12-25-27(17-16-23(21(2)41)31(25)43)47-18-11-9-7-5-4-6-8-10-13-29(32(44)34(36,37)35(38,39)40)50-22-14-15-24-26(42)20-30(49-33(45)46)48-28(24)19-22/h6,8,10,13-17,19-20,29,32,43-44H,3-5,7,9,11-12,18H2,1-2H3,(H,45,46)/b8-6-,13-10+/t29-,32+/m0/s1. The molecule has 0 amide bonds. The second-order valence-electron chi connectivity index (χ2n) is 11.2. The van der Waals surface area contributed by atoms with Crippen LogP contribution in [0.2, 0.25) is 0 Å². The summed E-state index contributed by atoms with van der Waals surface area (Å²) in [5.74, 6) is -0.280. The molecule has 0 saturated carbocycles. The Labute approximate surface area is 300 Å². The van der Waals surface area contributed by atoms with Crippen LogP contribution in [0.5, 0.6) is 17.4 Å². The van der Waals surface area contributed by atoms with E-state index in [0.717, 1.165) is 49.9 Å². The first-order chi connectivity index (χ1) is 23.6. The first-order valence-electron chi connectivity index (χ1n) is 15.7. The van der Waals surface area contributed by atoms with Crippen molar-refractivity contribution in [3.05, 3.63) is 82.1 Å². The number of carbonyl (C=O) groups is 2. The van der Waals surface area contributed by atoms with Crippen molar-refractivity contribution in [3.8, 4) is 17.4 Å². The fourth-order valence-corrected chi connectivity index (χ4v) is 6.40. The number of ether oxygens (including phenoxy) is 2. The zero-order chi connectivity index (χ0) is 37.1. The van der Waals surface area contributed by atoms with Gasteiger partial charge in [-0.2, -0.15) is 13.2 Å². The molecular weight excluding hydrogens is 724 g/mol. The molecule has 0 unspecified atom stereocenters. The molecule has 2 atom stereocenters. The number of halogens is 5. The van der Waals surface area contributed by atoms with Crippen LogP contribution in [0.25, 0.3) is 11.0 Å². The predicted molar refractivity (Wildman–Crippen MR) is 186 cm³/mol. The largest absolute Gasteiger partial charge is 0.513 e. The maximum Gasteiger partial charge on any atom is 0.513 e. The van der Waals surface area contributed by atoms with Crippen LogP contribution >= 0.6 is 35.0 Å². The summed E-state index contributed by atoms with van der Waals surface area (Å²) in [5, 5.41) is 28.7. The number of carbonyl (C=O) groups excluding carboxylic acids is 1. The van der Waals surface area contributed by atoms with Crippen molar-refractivity contribution in [1.29, 1.82) is 0 Å². The van der Waals surface area contributed by atoms with Gasteiger partial charge in [0, 0.05) is 10.5 Å². The van der Waals surface area contributed by atoms with Crippen molar-refractivity contribution in [2.24, 2.45) is 0 Å². The Balaban J connectivity index is 1.58. The van der Waals surface area contributed by atoms with Crippen molar-refractivity contribution < 1.29 is 52.0 Å². The third-order valence-corrected chi connectivity index (χ3v) is 9.48. The van der Waals surface area contributed by atoms with Crippen LogP contribution in [0, 0.1) is 0 Å². The van der Waals surface area contributed by atoms with Crippen LogP contribution in [-0.2, 0) is 6.42 Å². The van der Waals surface area contributed by atoms with Crippen molar-refractivity contribution in [2.75, 3.05) is 6.61 Å². The number of aliphatic hydroxyl groups excluding tert-OH is 1. The number of phenols is 1. The third-order valence-electron chi connectivity index (χ3n) is 7.39. The van der Waals surface area contributed by atoms with E-state index in [0.29, 0.717) is 30.8 Å². The second kappa shape index (κ2) is 18.5. The monoisotopic (exact) mass is 760 g/mol. The van der Waals surface area contributed by atoms with E-state index in [1.54, 1.807) is 18.2 Å². The number of hydrogen-bond acceptors (Lipinski definition) is 9. The number of thioether (sulfide) groups is 1. The minimum absolute atomic E-state index is 0.0331. The average molecular weight is 762 g/mol. The van der Waals surface area contributed by atoms with Crippen molar-refractivity contribution in [3.63, 3.8) is 0 Å². The lowest BCUT2D eigenvalue weighted by molar-refractivity contribution is -0.160. The molecule has 1 heterocycles. The molecule has 0 spiro atoms. The van der Waals surface area contributed by atoms with E-state index in [2.05, 4.69) is 4.74 Å². The van der Waals surface area contributed by atoms with Gasteiger partial charge in [0.25, 0.3) is 5.95 Å². The summed E-state index contributed by atoms with van der Waals surface area (Å²) in [6.45, 7) is 3.81. The van der Waals surface area contributed by atoms with Crippen molar-refractivity contribution >= 4 is 57.9 Å². The Hall–Kier alpha value is -3.65. The fourth-order valence-electron chi connectivity index (χ4n) is 4.84. The Morgan fingerprint density at radius 3 is 2.44 bits per heavy atom. The van der Waals surface area contributed by atoms with E-state index in [1.165, 1.54) is 37.3 Å². The molecule has 0 aliphatic rings. The molecule has 272 valence electrons. The number of unbranched alkanes of at least 4 members (excludes halogenated alkanes) is 4. The van der Waals surface area contributed by atoms with Gasteiger partial charge in [-0.3, -0.25) is 9.59 Å². The van der Waals surface area contributed by atoms with Gasteiger partial charge in [-0.1, -0.05) is 73.7 Å². The van der Waals surface area contributed by atoms with Gasteiger partial charge in [0.2, 0.25) is 4.33 Å².